The molecule has 1 aromatic heterocycles. The molecule has 1 heterocycles. The topological polar surface area (TPSA) is 49.3 Å². The van der Waals surface area contributed by atoms with E-state index in [1.165, 1.54) is 24.2 Å². The van der Waals surface area contributed by atoms with Crippen LogP contribution in [0, 0.1) is 0 Å². The highest BCUT2D eigenvalue weighted by atomic mass is 32.1. The van der Waals surface area contributed by atoms with Crippen LogP contribution in [0.3, 0.4) is 0 Å². The molecule has 0 aromatic carbocycles. The average molecular weight is 211 g/mol. The fraction of sp³-hybridized carbons (Fsp3) is 0.500. The Labute approximate surface area is 86.8 Å². The molecule has 0 bridgehead atoms. The van der Waals surface area contributed by atoms with Gasteiger partial charge in [-0.1, -0.05) is 0 Å². The van der Waals surface area contributed by atoms with E-state index >= 15 is 0 Å². The Morgan fingerprint density at radius 3 is 2.86 bits per heavy atom. The number of hydrogen-bond donors (Lipinski definition) is 2. The van der Waals surface area contributed by atoms with Gasteiger partial charge in [0.15, 0.2) is 0 Å². The van der Waals surface area contributed by atoms with Crippen LogP contribution in [-0.4, -0.2) is 16.6 Å². The van der Waals surface area contributed by atoms with Gasteiger partial charge < -0.3 is 10.4 Å². The molecule has 0 spiro atoms. The molecule has 0 radical (unpaired) electrons. The lowest BCUT2D eigenvalue weighted by molar-refractivity contribution is 0.0702. The Bertz CT molecular complexity index is 355. The molecule has 14 heavy (non-hydrogen) atoms. The molecule has 0 atom stereocenters. The van der Waals surface area contributed by atoms with Crippen molar-refractivity contribution in [1.82, 2.24) is 5.32 Å². The molecule has 1 aliphatic carbocycles. The van der Waals surface area contributed by atoms with Gasteiger partial charge in [0.25, 0.3) is 0 Å². The molecule has 0 amide bonds. The van der Waals surface area contributed by atoms with E-state index in [0.29, 0.717) is 10.4 Å². The predicted octanol–water partition coefficient (Wildman–Crippen LogP) is 2.09. The van der Waals surface area contributed by atoms with Crippen LogP contribution in [0.2, 0.25) is 0 Å². The van der Waals surface area contributed by atoms with E-state index < -0.39 is 5.97 Å². The summed E-state index contributed by atoms with van der Waals surface area (Å²) >= 11 is 1.35. The van der Waals surface area contributed by atoms with Crippen molar-refractivity contribution in [3.05, 3.63) is 21.9 Å². The number of nitrogens with one attached hydrogen (secondary N) is 1. The number of rotatable bonds is 4. The summed E-state index contributed by atoms with van der Waals surface area (Å²) in [7, 11) is 0. The van der Waals surface area contributed by atoms with E-state index in [0.717, 1.165) is 11.4 Å². The van der Waals surface area contributed by atoms with E-state index in [-0.39, 0.29) is 0 Å². The Balaban J connectivity index is 1.93. The maximum atomic E-state index is 10.6. The highest BCUT2D eigenvalue weighted by Gasteiger charge is 2.36. The Kier molecular flexibility index (Phi) is 2.33. The van der Waals surface area contributed by atoms with Crippen molar-refractivity contribution in [2.24, 2.45) is 0 Å². The molecule has 3 nitrogen and oxygen atoms in total. The van der Waals surface area contributed by atoms with Crippen LogP contribution in [0.25, 0.3) is 0 Å². The first-order chi connectivity index (χ1) is 6.59. The van der Waals surface area contributed by atoms with Gasteiger partial charge in [-0.3, -0.25) is 0 Å². The first kappa shape index (κ1) is 9.68. The second-order valence-electron chi connectivity index (χ2n) is 3.99. The molecule has 0 saturated heterocycles. The number of thiophene rings is 1. The molecule has 0 aliphatic heterocycles. The van der Waals surface area contributed by atoms with Gasteiger partial charge in [0.1, 0.15) is 4.88 Å². The van der Waals surface area contributed by atoms with Crippen LogP contribution in [0.1, 0.15) is 34.3 Å². The van der Waals surface area contributed by atoms with Crippen molar-refractivity contribution < 1.29 is 9.90 Å². The third kappa shape index (κ3) is 2.13. The van der Waals surface area contributed by atoms with Crippen molar-refractivity contribution in [1.29, 1.82) is 0 Å². The molecule has 76 valence electrons. The standard InChI is InChI=1S/C10H13NO2S/c1-10(4-5-10)11-6-7-2-3-8(14-7)9(12)13/h2-3,11H,4-6H2,1H3,(H,12,13). The van der Waals surface area contributed by atoms with Gasteiger partial charge in [0, 0.05) is 17.0 Å². The van der Waals surface area contributed by atoms with Crippen LogP contribution in [0.15, 0.2) is 12.1 Å². The van der Waals surface area contributed by atoms with Gasteiger partial charge >= 0.3 is 5.97 Å². The van der Waals surface area contributed by atoms with E-state index in [1.807, 2.05) is 6.07 Å². The number of carboxylic acids is 1. The fourth-order valence-electron chi connectivity index (χ4n) is 1.25. The van der Waals surface area contributed by atoms with E-state index in [4.69, 9.17) is 5.11 Å². The normalized spacial score (nSPS) is 18.1. The quantitative estimate of drug-likeness (QED) is 0.801. The summed E-state index contributed by atoms with van der Waals surface area (Å²) in [6, 6.07) is 3.55. The zero-order chi connectivity index (χ0) is 10.2. The summed E-state index contributed by atoms with van der Waals surface area (Å²) in [5.41, 5.74) is 0.313. The van der Waals surface area contributed by atoms with Crippen LogP contribution in [-0.2, 0) is 6.54 Å². The van der Waals surface area contributed by atoms with Crippen molar-refractivity contribution in [2.45, 2.75) is 31.8 Å². The lowest BCUT2D eigenvalue weighted by atomic mass is 10.3. The van der Waals surface area contributed by atoms with Gasteiger partial charge in [-0.2, -0.15) is 0 Å². The summed E-state index contributed by atoms with van der Waals surface area (Å²) in [5.74, 6) is -0.834. The predicted molar refractivity (Wildman–Crippen MR) is 55.8 cm³/mol. The summed E-state index contributed by atoms with van der Waals surface area (Å²) in [6.45, 7) is 2.98. The van der Waals surface area contributed by atoms with Crippen molar-refractivity contribution in [3.8, 4) is 0 Å². The second kappa shape index (κ2) is 3.37. The van der Waals surface area contributed by atoms with Gasteiger partial charge in [-0.05, 0) is 31.9 Å². The molecule has 4 heteroatoms. The van der Waals surface area contributed by atoms with Crippen LogP contribution in [0.4, 0.5) is 0 Å². The highest BCUT2D eigenvalue weighted by Crippen LogP contribution is 2.34. The smallest absolute Gasteiger partial charge is 0.345 e. The van der Waals surface area contributed by atoms with Gasteiger partial charge in [0.05, 0.1) is 0 Å². The Morgan fingerprint density at radius 1 is 1.64 bits per heavy atom. The Hall–Kier alpha value is -0.870. The molecular formula is C10H13NO2S. The maximum absolute atomic E-state index is 10.6. The summed E-state index contributed by atoms with van der Waals surface area (Å²) in [4.78, 5) is 12.1. The lowest BCUT2D eigenvalue weighted by Gasteiger charge is -2.08. The molecule has 1 aromatic rings. The molecule has 2 rings (SSSR count). The lowest BCUT2D eigenvalue weighted by Crippen LogP contribution is -2.26. The first-order valence-electron chi connectivity index (χ1n) is 4.66. The summed E-state index contributed by atoms with van der Waals surface area (Å²) in [6.07, 6.45) is 2.45. The SMILES string of the molecule is CC1(NCc2ccc(C(=O)O)s2)CC1. The van der Waals surface area contributed by atoms with Gasteiger partial charge in [-0.15, -0.1) is 11.3 Å². The highest BCUT2D eigenvalue weighted by molar-refractivity contribution is 7.13. The molecule has 1 fully saturated rings. The minimum absolute atomic E-state index is 0.313. The van der Waals surface area contributed by atoms with E-state index in [9.17, 15) is 4.79 Å². The third-order valence-corrected chi connectivity index (χ3v) is 3.64. The first-order valence-corrected chi connectivity index (χ1v) is 5.48. The number of hydrogen-bond acceptors (Lipinski definition) is 3. The zero-order valence-corrected chi connectivity index (χ0v) is 8.86. The minimum Gasteiger partial charge on any atom is -0.477 e. The number of aromatic carboxylic acids is 1. The van der Waals surface area contributed by atoms with Crippen molar-refractivity contribution in [2.75, 3.05) is 0 Å². The van der Waals surface area contributed by atoms with Crippen molar-refractivity contribution >= 4 is 17.3 Å². The van der Waals surface area contributed by atoms with Gasteiger partial charge in [-0.25, -0.2) is 4.79 Å². The summed E-state index contributed by atoms with van der Waals surface area (Å²) in [5, 5.41) is 12.1. The largest absolute Gasteiger partial charge is 0.477 e. The molecular weight excluding hydrogens is 198 g/mol. The van der Waals surface area contributed by atoms with Gasteiger partial charge in [0.2, 0.25) is 0 Å². The fourth-order valence-corrected chi connectivity index (χ4v) is 2.04. The monoisotopic (exact) mass is 211 g/mol. The zero-order valence-electron chi connectivity index (χ0n) is 8.04. The van der Waals surface area contributed by atoms with Crippen LogP contribution in [0.5, 0.6) is 0 Å². The number of carboxylic acid groups (broad SMARTS) is 1. The third-order valence-electron chi connectivity index (χ3n) is 2.56. The van der Waals surface area contributed by atoms with Crippen LogP contribution < -0.4 is 5.32 Å². The van der Waals surface area contributed by atoms with E-state index in [2.05, 4.69) is 12.2 Å². The Morgan fingerprint density at radius 2 is 2.36 bits per heavy atom. The van der Waals surface area contributed by atoms with E-state index in [1.54, 1.807) is 6.07 Å². The minimum atomic E-state index is -0.834. The molecule has 2 N–H and O–H groups in total. The van der Waals surface area contributed by atoms with Crippen LogP contribution >= 0.6 is 11.3 Å². The molecule has 1 saturated carbocycles. The molecule has 1 aliphatic rings. The second-order valence-corrected chi connectivity index (χ2v) is 5.15. The summed E-state index contributed by atoms with van der Waals surface area (Å²) < 4.78 is 0. The van der Waals surface area contributed by atoms with Crippen molar-refractivity contribution in [3.63, 3.8) is 0 Å². The number of carbonyl (C=O) groups is 1. The average Bonchev–Trinajstić information content (AvgIpc) is 2.68. The maximum Gasteiger partial charge on any atom is 0.345 e. The molecule has 0 unspecified atom stereocenters.